The summed E-state index contributed by atoms with van der Waals surface area (Å²) in [7, 11) is 0. The van der Waals surface area contributed by atoms with Gasteiger partial charge >= 0.3 is 5.97 Å². The lowest BCUT2D eigenvalue weighted by Crippen LogP contribution is -2.25. The Morgan fingerprint density at radius 3 is 2.46 bits per heavy atom. The van der Waals surface area contributed by atoms with Gasteiger partial charge in [0.2, 0.25) is 5.91 Å². The van der Waals surface area contributed by atoms with Gasteiger partial charge in [0.1, 0.15) is 0 Å². The van der Waals surface area contributed by atoms with Crippen LogP contribution in [0.4, 0.5) is 5.69 Å². The predicted octanol–water partition coefficient (Wildman–Crippen LogP) is 2.98. The van der Waals surface area contributed by atoms with Crippen LogP contribution in [0.2, 0.25) is 0 Å². The first-order chi connectivity index (χ1) is 11.7. The van der Waals surface area contributed by atoms with Crippen molar-refractivity contribution in [2.75, 3.05) is 18.5 Å². The summed E-state index contributed by atoms with van der Waals surface area (Å²) in [5, 5.41) is 5.99. The van der Waals surface area contributed by atoms with E-state index in [1.54, 1.807) is 25.1 Å². The average Bonchev–Trinajstić information content (AvgIpc) is 2.61. The fourth-order valence-electron chi connectivity index (χ4n) is 2.22. The van der Waals surface area contributed by atoms with Gasteiger partial charge in [-0.15, -0.1) is 0 Å². The number of ether oxygens (including phenoxy) is 1. The van der Waals surface area contributed by atoms with Crippen molar-refractivity contribution in [1.82, 2.24) is 5.32 Å². The molecule has 0 saturated heterocycles. The minimum Gasteiger partial charge on any atom is -0.462 e. The van der Waals surface area contributed by atoms with Crippen LogP contribution >= 0.6 is 0 Å². The summed E-state index contributed by atoms with van der Waals surface area (Å²) in [5.74, 6) is -0.408. The van der Waals surface area contributed by atoms with Crippen molar-refractivity contribution < 1.29 is 14.3 Å². The highest BCUT2D eigenvalue weighted by Gasteiger charge is 2.11. The van der Waals surface area contributed by atoms with E-state index >= 15 is 0 Å². The first kappa shape index (κ1) is 17.5. The van der Waals surface area contributed by atoms with Crippen LogP contribution in [0.1, 0.15) is 29.3 Å². The van der Waals surface area contributed by atoms with Crippen LogP contribution in [-0.4, -0.2) is 25.0 Å². The fourth-order valence-corrected chi connectivity index (χ4v) is 2.22. The van der Waals surface area contributed by atoms with Gasteiger partial charge < -0.3 is 15.4 Å². The highest BCUT2D eigenvalue weighted by atomic mass is 16.5. The molecule has 2 rings (SSSR count). The van der Waals surface area contributed by atoms with Gasteiger partial charge in [0.05, 0.1) is 12.2 Å². The molecule has 5 nitrogen and oxygen atoms in total. The van der Waals surface area contributed by atoms with E-state index in [2.05, 4.69) is 10.6 Å². The summed E-state index contributed by atoms with van der Waals surface area (Å²) in [5.41, 5.74) is 2.21. The molecule has 0 radical (unpaired) electrons. The zero-order valence-corrected chi connectivity index (χ0v) is 13.7. The van der Waals surface area contributed by atoms with Crippen molar-refractivity contribution in [3.05, 3.63) is 65.7 Å². The van der Waals surface area contributed by atoms with Crippen LogP contribution in [-0.2, 0) is 16.1 Å². The van der Waals surface area contributed by atoms with Crippen LogP contribution in [0.15, 0.2) is 54.6 Å². The summed E-state index contributed by atoms with van der Waals surface area (Å²) < 4.78 is 5.03. The standard InChI is InChI=1S/C19H22N2O3/c1-2-24-19(23)16-10-6-7-11-17(16)20-13-12-18(22)21-14-15-8-4-3-5-9-15/h3-11,20H,2,12-14H2,1H3,(H,21,22). The highest BCUT2D eigenvalue weighted by molar-refractivity contribution is 5.95. The van der Waals surface area contributed by atoms with E-state index in [0.717, 1.165) is 5.56 Å². The highest BCUT2D eigenvalue weighted by Crippen LogP contribution is 2.16. The van der Waals surface area contributed by atoms with E-state index in [1.165, 1.54) is 0 Å². The van der Waals surface area contributed by atoms with Gasteiger partial charge in [-0.3, -0.25) is 4.79 Å². The molecular formula is C19H22N2O3. The lowest BCUT2D eigenvalue weighted by Gasteiger charge is -2.11. The van der Waals surface area contributed by atoms with E-state index in [9.17, 15) is 9.59 Å². The first-order valence-electron chi connectivity index (χ1n) is 8.01. The molecule has 1 amide bonds. The van der Waals surface area contributed by atoms with Gasteiger partial charge in [-0.2, -0.15) is 0 Å². The number of carbonyl (C=O) groups is 2. The number of benzene rings is 2. The molecule has 0 bridgehead atoms. The predicted molar refractivity (Wildman–Crippen MR) is 93.8 cm³/mol. The Morgan fingerprint density at radius 1 is 1.00 bits per heavy atom. The maximum Gasteiger partial charge on any atom is 0.340 e. The summed E-state index contributed by atoms with van der Waals surface area (Å²) in [6.07, 6.45) is 0.323. The molecule has 0 spiro atoms. The second-order valence-electron chi connectivity index (χ2n) is 5.21. The van der Waals surface area contributed by atoms with Crippen LogP contribution in [0.3, 0.4) is 0 Å². The Bertz CT molecular complexity index is 671. The number of hydrogen-bond acceptors (Lipinski definition) is 4. The molecule has 2 aromatic carbocycles. The fraction of sp³-hybridized carbons (Fsp3) is 0.263. The van der Waals surface area contributed by atoms with Crippen LogP contribution in [0, 0.1) is 0 Å². The Kier molecular flexibility index (Phi) is 6.83. The van der Waals surface area contributed by atoms with E-state index in [0.29, 0.717) is 37.4 Å². The van der Waals surface area contributed by atoms with Gasteiger partial charge in [0, 0.05) is 25.2 Å². The SMILES string of the molecule is CCOC(=O)c1ccccc1NCCC(=O)NCc1ccccc1. The van der Waals surface area contributed by atoms with E-state index in [-0.39, 0.29) is 11.9 Å². The second kappa shape index (κ2) is 9.35. The zero-order chi connectivity index (χ0) is 17.2. The molecule has 0 fully saturated rings. The van der Waals surface area contributed by atoms with Crippen molar-refractivity contribution in [2.24, 2.45) is 0 Å². The third-order valence-corrected chi connectivity index (χ3v) is 3.42. The summed E-state index contributed by atoms with van der Waals surface area (Å²) in [6.45, 7) is 3.05. The van der Waals surface area contributed by atoms with Crippen LogP contribution < -0.4 is 10.6 Å². The number of para-hydroxylation sites is 1. The second-order valence-corrected chi connectivity index (χ2v) is 5.21. The number of nitrogens with one attached hydrogen (secondary N) is 2. The molecule has 2 aromatic rings. The third-order valence-electron chi connectivity index (χ3n) is 3.42. The smallest absolute Gasteiger partial charge is 0.340 e. The quantitative estimate of drug-likeness (QED) is 0.732. The maximum absolute atomic E-state index is 11.9. The van der Waals surface area contributed by atoms with Crippen molar-refractivity contribution >= 4 is 17.6 Å². The number of amides is 1. The number of hydrogen-bond donors (Lipinski definition) is 2. The van der Waals surface area contributed by atoms with Gasteiger partial charge in [0.15, 0.2) is 0 Å². The van der Waals surface area contributed by atoms with Crippen molar-refractivity contribution in [2.45, 2.75) is 19.9 Å². The molecule has 0 atom stereocenters. The Hall–Kier alpha value is -2.82. The van der Waals surface area contributed by atoms with Crippen LogP contribution in [0.5, 0.6) is 0 Å². The largest absolute Gasteiger partial charge is 0.462 e. The molecule has 0 aliphatic heterocycles. The lowest BCUT2D eigenvalue weighted by molar-refractivity contribution is -0.121. The number of anilines is 1. The van der Waals surface area contributed by atoms with Gasteiger partial charge in [-0.1, -0.05) is 42.5 Å². The molecule has 126 valence electrons. The molecule has 0 aliphatic carbocycles. The molecule has 0 saturated carbocycles. The van der Waals surface area contributed by atoms with Crippen LogP contribution in [0.25, 0.3) is 0 Å². The van der Waals surface area contributed by atoms with E-state index < -0.39 is 0 Å². The summed E-state index contributed by atoms with van der Waals surface area (Å²) >= 11 is 0. The van der Waals surface area contributed by atoms with Gasteiger partial charge in [-0.25, -0.2) is 4.79 Å². The maximum atomic E-state index is 11.9. The Morgan fingerprint density at radius 2 is 1.71 bits per heavy atom. The molecule has 0 aromatic heterocycles. The Balaban J connectivity index is 1.79. The first-order valence-corrected chi connectivity index (χ1v) is 8.01. The zero-order valence-electron chi connectivity index (χ0n) is 13.7. The van der Waals surface area contributed by atoms with Crippen molar-refractivity contribution in [1.29, 1.82) is 0 Å². The molecule has 24 heavy (non-hydrogen) atoms. The average molecular weight is 326 g/mol. The number of esters is 1. The third kappa shape index (κ3) is 5.43. The number of rotatable bonds is 8. The molecule has 2 N–H and O–H groups in total. The molecule has 0 heterocycles. The Labute approximate surface area is 142 Å². The summed E-state index contributed by atoms with van der Waals surface area (Å²) in [4.78, 5) is 23.8. The van der Waals surface area contributed by atoms with Gasteiger partial charge in [0.25, 0.3) is 0 Å². The summed E-state index contributed by atoms with van der Waals surface area (Å²) in [6, 6.07) is 16.9. The normalized spacial score (nSPS) is 10.0. The lowest BCUT2D eigenvalue weighted by atomic mass is 10.1. The van der Waals surface area contributed by atoms with Crippen molar-refractivity contribution in [3.8, 4) is 0 Å². The minimum absolute atomic E-state index is 0.0417. The minimum atomic E-state index is -0.367. The molecule has 5 heteroatoms. The van der Waals surface area contributed by atoms with E-state index in [1.807, 2.05) is 36.4 Å². The molecule has 0 aliphatic rings. The van der Waals surface area contributed by atoms with Crippen molar-refractivity contribution in [3.63, 3.8) is 0 Å². The topological polar surface area (TPSA) is 67.4 Å². The molecule has 0 unspecified atom stereocenters. The number of carbonyl (C=O) groups excluding carboxylic acids is 2. The van der Waals surface area contributed by atoms with Gasteiger partial charge in [-0.05, 0) is 24.6 Å². The van der Waals surface area contributed by atoms with E-state index in [4.69, 9.17) is 4.74 Å². The molecular weight excluding hydrogens is 304 g/mol. The monoisotopic (exact) mass is 326 g/mol.